The standard InChI is InChI=1S/C25H25NO5/c1-30-14-5-15-31-18-23-13-12-22(17-24(23)26(28)29)25(27)16-19-8-10-21(11-9-19)20-6-3-2-4-7-20/h2-4,6-13,17H,5,14-16,18H2,1H3. The van der Waals surface area contributed by atoms with Crippen molar-refractivity contribution >= 4 is 11.5 Å². The second-order valence-electron chi connectivity index (χ2n) is 7.16. The summed E-state index contributed by atoms with van der Waals surface area (Å²) in [5.74, 6) is -0.164. The van der Waals surface area contributed by atoms with Crippen LogP contribution in [-0.4, -0.2) is 31.0 Å². The van der Waals surface area contributed by atoms with Crippen LogP contribution in [-0.2, 0) is 22.5 Å². The van der Waals surface area contributed by atoms with Crippen LogP contribution in [0.4, 0.5) is 5.69 Å². The van der Waals surface area contributed by atoms with Crippen LogP contribution in [0, 0.1) is 10.1 Å². The van der Waals surface area contributed by atoms with E-state index in [1.54, 1.807) is 19.2 Å². The fourth-order valence-corrected chi connectivity index (χ4v) is 3.25. The number of Topliss-reactive ketones (excluding diaryl/α,β-unsaturated/α-hetero) is 1. The molecule has 0 aliphatic carbocycles. The molecule has 0 aliphatic heterocycles. The molecule has 0 N–H and O–H groups in total. The molecule has 0 saturated carbocycles. The van der Waals surface area contributed by atoms with E-state index < -0.39 is 4.92 Å². The number of carbonyl (C=O) groups is 1. The third-order valence-electron chi connectivity index (χ3n) is 4.92. The predicted octanol–water partition coefficient (Wildman–Crippen LogP) is 5.24. The molecule has 0 fully saturated rings. The Bertz CT molecular complexity index is 1020. The molecule has 0 atom stereocenters. The molecule has 0 bridgehead atoms. The number of hydrogen-bond donors (Lipinski definition) is 0. The van der Waals surface area contributed by atoms with Crippen LogP contribution in [0.15, 0.2) is 72.8 Å². The summed E-state index contributed by atoms with van der Waals surface area (Å²) in [5, 5.41) is 11.5. The molecular formula is C25H25NO5. The average Bonchev–Trinajstić information content (AvgIpc) is 2.80. The lowest BCUT2D eigenvalue weighted by Gasteiger charge is -2.08. The Kier molecular flexibility index (Phi) is 8.04. The Hall–Kier alpha value is -3.35. The molecule has 31 heavy (non-hydrogen) atoms. The first kappa shape index (κ1) is 22.3. The summed E-state index contributed by atoms with van der Waals surface area (Å²) in [5.41, 5.74) is 3.71. The number of hydrogen-bond acceptors (Lipinski definition) is 5. The van der Waals surface area contributed by atoms with Crippen molar-refractivity contribution in [2.45, 2.75) is 19.4 Å². The number of carbonyl (C=O) groups excluding carboxylic acids is 1. The van der Waals surface area contributed by atoms with Gasteiger partial charge < -0.3 is 9.47 Å². The average molecular weight is 419 g/mol. The lowest BCUT2D eigenvalue weighted by Crippen LogP contribution is -2.07. The highest BCUT2D eigenvalue weighted by atomic mass is 16.6. The van der Waals surface area contributed by atoms with Crippen molar-refractivity contribution in [2.24, 2.45) is 0 Å². The zero-order valence-electron chi connectivity index (χ0n) is 17.5. The molecule has 160 valence electrons. The van der Waals surface area contributed by atoms with Gasteiger partial charge in [0.2, 0.25) is 0 Å². The number of ether oxygens (including phenoxy) is 2. The van der Waals surface area contributed by atoms with Gasteiger partial charge in [0.15, 0.2) is 5.78 Å². The second kappa shape index (κ2) is 11.2. The number of rotatable bonds is 11. The Balaban J connectivity index is 1.67. The van der Waals surface area contributed by atoms with Crippen molar-refractivity contribution in [3.63, 3.8) is 0 Å². The van der Waals surface area contributed by atoms with Crippen molar-refractivity contribution in [1.29, 1.82) is 0 Å². The van der Waals surface area contributed by atoms with E-state index in [2.05, 4.69) is 0 Å². The molecule has 0 aliphatic rings. The summed E-state index contributed by atoms with van der Waals surface area (Å²) >= 11 is 0. The Labute approximate surface area is 181 Å². The van der Waals surface area contributed by atoms with Gasteiger partial charge in [-0.1, -0.05) is 60.7 Å². The Morgan fingerprint density at radius 3 is 2.32 bits per heavy atom. The summed E-state index contributed by atoms with van der Waals surface area (Å²) in [6.45, 7) is 1.14. The van der Waals surface area contributed by atoms with Crippen LogP contribution in [0.5, 0.6) is 0 Å². The first-order valence-corrected chi connectivity index (χ1v) is 10.1. The third-order valence-corrected chi connectivity index (χ3v) is 4.92. The van der Waals surface area contributed by atoms with Gasteiger partial charge >= 0.3 is 0 Å². The van der Waals surface area contributed by atoms with E-state index in [1.807, 2.05) is 54.6 Å². The van der Waals surface area contributed by atoms with Gasteiger partial charge in [-0.3, -0.25) is 14.9 Å². The summed E-state index contributed by atoms with van der Waals surface area (Å²) in [6.07, 6.45) is 0.892. The number of nitrogens with zero attached hydrogens (tertiary/aromatic N) is 1. The van der Waals surface area contributed by atoms with Gasteiger partial charge in [0.1, 0.15) is 0 Å². The van der Waals surface area contributed by atoms with Gasteiger partial charge in [0.25, 0.3) is 5.69 Å². The molecule has 0 heterocycles. The largest absolute Gasteiger partial charge is 0.385 e. The van der Waals surface area contributed by atoms with Crippen molar-refractivity contribution in [3.05, 3.63) is 99.6 Å². The quantitative estimate of drug-likeness (QED) is 0.184. The Morgan fingerprint density at radius 1 is 0.935 bits per heavy atom. The fourth-order valence-electron chi connectivity index (χ4n) is 3.25. The highest BCUT2D eigenvalue weighted by Gasteiger charge is 2.18. The maximum absolute atomic E-state index is 12.7. The smallest absolute Gasteiger partial charge is 0.275 e. The Morgan fingerprint density at radius 2 is 1.65 bits per heavy atom. The minimum atomic E-state index is -0.473. The van der Waals surface area contributed by atoms with Crippen LogP contribution in [0.25, 0.3) is 11.1 Å². The van der Waals surface area contributed by atoms with Gasteiger partial charge in [-0.2, -0.15) is 0 Å². The maximum Gasteiger partial charge on any atom is 0.275 e. The highest BCUT2D eigenvalue weighted by molar-refractivity contribution is 5.98. The third kappa shape index (κ3) is 6.31. The predicted molar refractivity (Wildman–Crippen MR) is 119 cm³/mol. The summed E-state index contributed by atoms with van der Waals surface area (Å²) < 4.78 is 10.4. The van der Waals surface area contributed by atoms with E-state index in [-0.39, 0.29) is 24.5 Å². The normalized spacial score (nSPS) is 10.7. The minimum Gasteiger partial charge on any atom is -0.385 e. The lowest BCUT2D eigenvalue weighted by atomic mass is 9.98. The number of benzene rings is 3. The van der Waals surface area contributed by atoms with Gasteiger partial charge in [-0.25, -0.2) is 0 Å². The molecule has 3 aromatic carbocycles. The molecule has 0 saturated heterocycles. The fraction of sp³-hybridized carbons (Fsp3) is 0.240. The molecular weight excluding hydrogens is 394 g/mol. The summed E-state index contributed by atoms with van der Waals surface area (Å²) in [7, 11) is 1.61. The van der Waals surface area contributed by atoms with E-state index in [4.69, 9.17) is 9.47 Å². The van der Waals surface area contributed by atoms with Gasteiger partial charge in [-0.05, 0) is 29.2 Å². The minimum absolute atomic E-state index is 0.1000. The van der Waals surface area contributed by atoms with Crippen molar-refractivity contribution < 1.29 is 19.2 Å². The summed E-state index contributed by atoms with van der Waals surface area (Å²) in [4.78, 5) is 23.7. The SMILES string of the molecule is COCCCOCc1ccc(C(=O)Cc2ccc(-c3ccccc3)cc2)cc1[N+](=O)[O-]. The number of nitro groups is 1. The van der Waals surface area contributed by atoms with E-state index in [9.17, 15) is 14.9 Å². The number of nitro benzene ring substituents is 1. The molecule has 3 aromatic rings. The van der Waals surface area contributed by atoms with E-state index >= 15 is 0 Å². The van der Waals surface area contributed by atoms with E-state index in [0.29, 0.717) is 30.8 Å². The van der Waals surface area contributed by atoms with E-state index in [0.717, 1.165) is 16.7 Å². The van der Waals surface area contributed by atoms with Gasteiger partial charge in [-0.15, -0.1) is 0 Å². The highest BCUT2D eigenvalue weighted by Crippen LogP contribution is 2.23. The first-order valence-electron chi connectivity index (χ1n) is 10.1. The topological polar surface area (TPSA) is 78.7 Å². The maximum atomic E-state index is 12.7. The molecule has 6 nitrogen and oxygen atoms in total. The van der Waals surface area contributed by atoms with E-state index in [1.165, 1.54) is 6.07 Å². The second-order valence-corrected chi connectivity index (χ2v) is 7.16. The number of ketones is 1. The van der Waals surface area contributed by atoms with Crippen LogP contribution >= 0.6 is 0 Å². The zero-order valence-corrected chi connectivity index (χ0v) is 17.5. The van der Waals surface area contributed by atoms with Crippen molar-refractivity contribution in [2.75, 3.05) is 20.3 Å². The lowest BCUT2D eigenvalue weighted by molar-refractivity contribution is -0.386. The molecule has 3 rings (SSSR count). The van der Waals surface area contributed by atoms with Gasteiger partial charge in [0, 0.05) is 38.4 Å². The van der Waals surface area contributed by atoms with Crippen LogP contribution in [0.1, 0.15) is 27.9 Å². The zero-order chi connectivity index (χ0) is 22.1. The monoisotopic (exact) mass is 419 g/mol. The molecule has 0 aromatic heterocycles. The van der Waals surface area contributed by atoms with Gasteiger partial charge in [0.05, 0.1) is 17.1 Å². The molecule has 6 heteroatoms. The van der Waals surface area contributed by atoms with Crippen molar-refractivity contribution in [3.8, 4) is 11.1 Å². The van der Waals surface area contributed by atoms with Crippen LogP contribution < -0.4 is 0 Å². The first-order chi connectivity index (χ1) is 15.1. The molecule has 0 spiro atoms. The molecule has 0 unspecified atom stereocenters. The van der Waals surface area contributed by atoms with Crippen LogP contribution in [0.2, 0.25) is 0 Å². The molecule has 0 radical (unpaired) electrons. The van der Waals surface area contributed by atoms with Crippen LogP contribution in [0.3, 0.4) is 0 Å². The number of methoxy groups -OCH3 is 1. The molecule has 0 amide bonds. The summed E-state index contributed by atoms with van der Waals surface area (Å²) in [6, 6.07) is 22.3. The van der Waals surface area contributed by atoms with Crippen molar-refractivity contribution in [1.82, 2.24) is 0 Å².